The third kappa shape index (κ3) is 8.07. The molecule has 2 atom stereocenters. The maximum atomic E-state index is 14.9. The lowest BCUT2D eigenvalue weighted by Gasteiger charge is -2.31. The molecule has 1 saturated heterocycles. The van der Waals surface area contributed by atoms with Gasteiger partial charge >= 0.3 is 12.2 Å². The summed E-state index contributed by atoms with van der Waals surface area (Å²) >= 11 is 0. The highest BCUT2D eigenvalue weighted by Crippen LogP contribution is 2.29. The quantitative estimate of drug-likeness (QED) is 0.451. The zero-order valence-corrected chi connectivity index (χ0v) is 22.2. The number of anilines is 1. The van der Waals surface area contributed by atoms with Crippen LogP contribution in [0.25, 0.3) is 0 Å². The molecule has 0 aromatic carbocycles. The normalized spacial score (nSPS) is 19.3. The first-order valence-electron chi connectivity index (χ1n) is 12.9. The minimum atomic E-state index is -0.929. The molecule has 1 unspecified atom stereocenters. The Morgan fingerprint density at radius 1 is 1.06 bits per heavy atom. The molecular formula is C27H42FN3O4. The number of fused-ring (bicyclic) bond motifs is 1. The maximum Gasteiger partial charge on any atom is 0.416 e. The number of halogens is 1. The number of unbranched alkanes of at least 4 members (excludes halogenated alkanes) is 1. The van der Waals surface area contributed by atoms with Crippen LogP contribution in [0.1, 0.15) is 84.9 Å². The van der Waals surface area contributed by atoms with Gasteiger partial charge in [-0.3, -0.25) is 4.90 Å². The third-order valence-corrected chi connectivity index (χ3v) is 6.26. The zero-order chi connectivity index (χ0) is 25.8. The van der Waals surface area contributed by atoms with Crippen LogP contribution >= 0.6 is 0 Å². The number of rotatable bonds is 6. The topological polar surface area (TPSA) is 72.0 Å². The number of nitrogens with zero attached hydrogens (tertiary/aromatic N) is 3. The van der Waals surface area contributed by atoms with Crippen molar-refractivity contribution in [2.75, 3.05) is 24.5 Å². The van der Waals surface area contributed by atoms with E-state index in [-0.39, 0.29) is 18.1 Å². The molecule has 1 aromatic heterocycles. The van der Waals surface area contributed by atoms with E-state index in [0.29, 0.717) is 38.3 Å². The zero-order valence-electron chi connectivity index (χ0n) is 22.2. The van der Waals surface area contributed by atoms with Gasteiger partial charge in [-0.25, -0.2) is 19.0 Å². The first-order valence-corrected chi connectivity index (χ1v) is 12.9. The Labute approximate surface area is 209 Å². The highest BCUT2D eigenvalue weighted by atomic mass is 19.1. The Hall–Kier alpha value is -2.38. The summed E-state index contributed by atoms with van der Waals surface area (Å²) in [6.07, 6.45) is 3.59. The number of alkyl halides is 1. The lowest BCUT2D eigenvalue weighted by Crippen LogP contribution is -2.40. The number of hydrogen-bond donors (Lipinski definition) is 0. The van der Waals surface area contributed by atoms with Crippen molar-refractivity contribution >= 4 is 18.0 Å². The maximum absolute atomic E-state index is 14.9. The van der Waals surface area contributed by atoms with Crippen molar-refractivity contribution in [3.05, 3.63) is 23.4 Å². The molecule has 0 aliphatic carbocycles. The molecule has 0 spiro atoms. The molecule has 2 aliphatic heterocycles. The van der Waals surface area contributed by atoms with Gasteiger partial charge in [-0.1, -0.05) is 12.5 Å². The van der Waals surface area contributed by atoms with Crippen molar-refractivity contribution < 1.29 is 23.5 Å². The van der Waals surface area contributed by atoms with Gasteiger partial charge in [0.15, 0.2) is 0 Å². The van der Waals surface area contributed by atoms with Crippen molar-refractivity contribution in [3.8, 4) is 0 Å². The van der Waals surface area contributed by atoms with E-state index in [1.165, 1.54) is 0 Å². The van der Waals surface area contributed by atoms with E-state index < -0.39 is 17.4 Å². The Balaban J connectivity index is 1.47. The van der Waals surface area contributed by atoms with Crippen LogP contribution in [0.2, 0.25) is 0 Å². The van der Waals surface area contributed by atoms with Gasteiger partial charge in [0, 0.05) is 31.2 Å². The van der Waals surface area contributed by atoms with Crippen molar-refractivity contribution in [1.29, 1.82) is 0 Å². The number of carbonyl (C=O) groups is 2. The van der Waals surface area contributed by atoms with Gasteiger partial charge in [0.05, 0.1) is 0 Å². The number of carbonyl (C=O) groups excluding carboxylic acids is 2. The molecule has 8 heteroatoms. The van der Waals surface area contributed by atoms with E-state index in [2.05, 4.69) is 6.07 Å². The summed E-state index contributed by atoms with van der Waals surface area (Å²) in [5.41, 5.74) is 0.870. The minimum absolute atomic E-state index is 0.133. The highest BCUT2D eigenvalue weighted by Gasteiger charge is 2.34. The fraction of sp³-hybridized carbons (Fsp3) is 0.741. The summed E-state index contributed by atoms with van der Waals surface area (Å²) in [4.78, 5) is 32.9. The van der Waals surface area contributed by atoms with Crippen LogP contribution in [-0.4, -0.2) is 59.1 Å². The lowest BCUT2D eigenvalue weighted by atomic mass is 9.97. The molecule has 0 saturated carbocycles. The van der Waals surface area contributed by atoms with Gasteiger partial charge in [-0.15, -0.1) is 0 Å². The molecule has 3 rings (SSSR count). The van der Waals surface area contributed by atoms with Crippen molar-refractivity contribution in [1.82, 2.24) is 9.88 Å². The van der Waals surface area contributed by atoms with E-state index in [1.807, 2.05) is 47.6 Å². The standard InChI is InChI=1S/C27H42FN3O4/c1-26(2,3)34-24(32)30-17-15-20(18-30)22(28)12-8-7-11-21-14-13-19-10-9-16-31(23(19)29-21)25(33)35-27(4,5)6/h13-14,20,22H,7-12,15-18H2,1-6H3/t20-,22?/m1/s1. The van der Waals surface area contributed by atoms with Crippen molar-refractivity contribution in [2.45, 2.75) is 104 Å². The van der Waals surface area contributed by atoms with E-state index in [9.17, 15) is 14.0 Å². The largest absolute Gasteiger partial charge is 0.444 e. The molecular weight excluding hydrogens is 449 g/mol. The Kier molecular flexibility index (Phi) is 8.65. The molecule has 0 radical (unpaired) electrons. The number of aryl methyl sites for hydroxylation is 2. The SMILES string of the molecule is CC(C)(C)OC(=O)N1CC[C@@H](C(F)CCCCc2ccc3c(n2)N(C(=O)OC(C)(C)C)CCC3)C1. The Morgan fingerprint density at radius 3 is 2.43 bits per heavy atom. The summed E-state index contributed by atoms with van der Waals surface area (Å²) in [5.74, 6) is 0.561. The van der Waals surface area contributed by atoms with Crippen LogP contribution in [0.4, 0.5) is 19.8 Å². The van der Waals surface area contributed by atoms with Gasteiger partial charge in [0.1, 0.15) is 23.2 Å². The van der Waals surface area contributed by atoms with Crippen LogP contribution in [0.3, 0.4) is 0 Å². The molecule has 2 amide bonds. The predicted molar refractivity (Wildman–Crippen MR) is 135 cm³/mol. The fourth-order valence-electron chi connectivity index (χ4n) is 4.57. The Morgan fingerprint density at radius 2 is 1.74 bits per heavy atom. The van der Waals surface area contributed by atoms with E-state index in [4.69, 9.17) is 14.5 Å². The lowest BCUT2D eigenvalue weighted by molar-refractivity contribution is 0.0280. The van der Waals surface area contributed by atoms with Crippen LogP contribution in [0.5, 0.6) is 0 Å². The second-order valence-electron chi connectivity index (χ2n) is 11.8. The molecule has 1 fully saturated rings. The number of pyridine rings is 1. The molecule has 3 heterocycles. The molecule has 0 N–H and O–H groups in total. The molecule has 2 aliphatic rings. The summed E-state index contributed by atoms with van der Waals surface area (Å²) in [5, 5.41) is 0. The number of aromatic nitrogens is 1. The summed E-state index contributed by atoms with van der Waals surface area (Å²) in [6, 6.07) is 4.07. The molecule has 7 nitrogen and oxygen atoms in total. The van der Waals surface area contributed by atoms with Crippen molar-refractivity contribution in [2.24, 2.45) is 5.92 Å². The highest BCUT2D eigenvalue weighted by molar-refractivity contribution is 5.88. The summed E-state index contributed by atoms with van der Waals surface area (Å²) in [7, 11) is 0. The van der Waals surface area contributed by atoms with E-state index >= 15 is 0 Å². The molecule has 196 valence electrons. The van der Waals surface area contributed by atoms with E-state index in [0.717, 1.165) is 43.4 Å². The van der Waals surface area contributed by atoms with Gasteiger partial charge in [-0.05, 0) is 91.7 Å². The van der Waals surface area contributed by atoms with Gasteiger partial charge < -0.3 is 14.4 Å². The van der Waals surface area contributed by atoms with E-state index in [1.54, 1.807) is 9.80 Å². The second kappa shape index (κ2) is 11.1. The second-order valence-corrected chi connectivity index (χ2v) is 11.8. The first-order chi connectivity index (χ1) is 16.3. The number of ether oxygens (including phenoxy) is 2. The van der Waals surface area contributed by atoms with Gasteiger partial charge in [-0.2, -0.15) is 0 Å². The molecule has 35 heavy (non-hydrogen) atoms. The predicted octanol–water partition coefficient (Wildman–Crippen LogP) is 6.08. The average molecular weight is 492 g/mol. The first kappa shape index (κ1) is 27.2. The van der Waals surface area contributed by atoms with Crippen LogP contribution in [0, 0.1) is 5.92 Å². The number of amides is 2. The minimum Gasteiger partial charge on any atom is -0.444 e. The van der Waals surface area contributed by atoms with Crippen molar-refractivity contribution in [3.63, 3.8) is 0 Å². The van der Waals surface area contributed by atoms with Gasteiger partial charge in [0.25, 0.3) is 0 Å². The monoisotopic (exact) mass is 491 g/mol. The Bertz CT molecular complexity index is 893. The molecule has 1 aromatic rings. The smallest absolute Gasteiger partial charge is 0.416 e. The van der Waals surface area contributed by atoms with Gasteiger partial charge in [0.2, 0.25) is 0 Å². The average Bonchev–Trinajstić information content (AvgIpc) is 3.24. The number of hydrogen-bond acceptors (Lipinski definition) is 5. The number of likely N-dealkylation sites (tertiary alicyclic amines) is 1. The van der Waals surface area contributed by atoms with Crippen LogP contribution in [0.15, 0.2) is 12.1 Å². The molecule has 0 bridgehead atoms. The van der Waals surface area contributed by atoms with Crippen LogP contribution in [-0.2, 0) is 22.3 Å². The summed E-state index contributed by atoms with van der Waals surface area (Å²) in [6.45, 7) is 12.7. The van der Waals surface area contributed by atoms with Crippen LogP contribution < -0.4 is 4.90 Å². The summed E-state index contributed by atoms with van der Waals surface area (Å²) < 4.78 is 25.8. The fourth-order valence-corrected chi connectivity index (χ4v) is 4.57. The third-order valence-electron chi connectivity index (χ3n) is 6.26.